The molecule has 0 aromatic heterocycles. The molecule has 1 aromatic rings. The lowest BCUT2D eigenvalue weighted by atomic mass is 9.77. The Morgan fingerprint density at radius 1 is 1.18 bits per heavy atom. The molecule has 4 heteroatoms. The van der Waals surface area contributed by atoms with E-state index in [0.29, 0.717) is 5.46 Å². The number of aryl methyl sites for hydroxylation is 1. The minimum absolute atomic E-state index is 0.531. The number of hydrogen-bond donors (Lipinski definition) is 2. The van der Waals surface area contributed by atoms with Crippen LogP contribution < -0.4 is 10.2 Å². The molecule has 0 unspecified atom stereocenters. The highest BCUT2D eigenvalue weighted by Gasteiger charge is 2.13. The summed E-state index contributed by atoms with van der Waals surface area (Å²) in [5, 5.41) is 18.2. The third-order valence-corrected chi connectivity index (χ3v) is 2.79. The first-order chi connectivity index (χ1) is 8.15. The monoisotopic (exact) mass is 236 g/mol. The van der Waals surface area contributed by atoms with Crippen LogP contribution in [0.15, 0.2) is 18.2 Å². The van der Waals surface area contributed by atoms with Crippen molar-refractivity contribution in [3.63, 3.8) is 0 Å². The van der Waals surface area contributed by atoms with Gasteiger partial charge in [-0.25, -0.2) is 0 Å². The summed E-state index contributed by atoms with van der Waals surface area (Å²) in [5.41, 5.74) is 1.37. The Morgan fingerprint density at radius 2 is 1.94 bits per heavy atom. The summed E-state index contributed by atoms with van der Waals surface area (Å²) >= 11 is 0. The maximum Gasteiger partial charge on any atom is 0.488 e. The maximum absolute atomic E-state index is 9.08. The van der Waals surface area contributed by atoms with Crippen LogP contribution in [-0.2, 0) is 0 Å². The number of unbranched alkanes of at least 4 members (excludes halogenated alkanes) is 3. The minimum Gasteiger partial charge on any atom is -0.494 e. The lowest BCUT2D eigenvalue weighted by Gasteiger charge is -2.09. The van der Waals surface area contributed by atoms with E-state index in [1.165, 1.54) is 19.3 Å². The molecular weight excluding hydrogens is 215 g/mol. The van der Waals surface area contributed by atoms with Crippen molar-refractivity contribution < 1.29 is 14.8 Å². The summed E-state index contributed by atoms with van der Waals surface area (Å²) in [5.74, 6) is 0.795. The third-order valence-electron chi connectivity index (χ3n) is 2.79. The molecule has 0 radical (unpaired) electrons. The SMILES string of the molecule is CCCCCCOc1ccc(B(O)O)c(C)c1. The van der Waals surface area contributed by atoms with Gasteiger partial charge in [-0.15, -0.1) is 0 Å². The molecule has 0 aliphatic heterocycles. The third kappa shape index (κ3) is 4.80. The zero-order valence-corrected chi connectivity index (χ0v) is 10.6. The molecule has 0 fully saturated rings. The van der Waals surface area contributed by atoms with Crippen LogP contribution in [0.1, 0.15) is 38.2 Å². The van der Waals surface area contributed by atoms with Gasteiger partial charge in [0.05, 0.1) is 6.61 Å². The molecule has 0 bridgehead atoms. The predicted octanol–water partition coefficient (Wildman–Crippen LogP) is 1.63. The van der Waals surface area contributed by atoms with E-state index < -0.39 is 7.12 Å². The van der Waals surface area contributed by atoms with E-state index >= 15 is 0 Å². The van der Waals surface area contributed by atoms with Crippen LogP contribution in [-0.4, -0.2) is 23.8 Å². The molecule has 17 heavy (non-hydrogen) atoms. The van der Waals surface area contributed by atoms with Crippen LogP contribution in [0.3, 0.4) is 0 Å². The van der Waals surface area contributed by atoms with E-state index in [1.54, 1.807) is 12.1 Å². The molecule has 2 N–H and O–H groups in total. The lowest BCUT2D eigenvalue weighted by molar-refractivity contribution is 0.305. The predicted molar refractivity (Wildman–Crippen MR) is 70.6 cm³/mol. The minimum atomic E-state index is -1.41. The second-order valence-electron chi connectivity index (χ2n) is 4.30. The van der Waals surface area contributed by atoms with Crippen LogP contribution in [0.25, 0.3) is 0 Å². The van der Waals surface area contributed by atoms with Crippen molar-refractivity contribution in [2.45, 2.75) is 39.5 Å². The molecule has 0 saturated heterocycles. The van der Waals surface area contributed by atoms with Crippen LogP contribution in [0.4, 0.5) is 0 Å². The lowest BCUT2D eigenvalue weighted by Crippen LogP contribution is -2.31. The zero-order valence-electron chi connectivity index (χ0n) is 10.6. The van der Waals surface area contributed by atoms with Crippen molar-refractivity contribution in [1.29, 1.82) is 0 Å². The molecular formula is C13H21BO3. The molecule has 0 saturated carbocycles. The fourth-order valence-corrected chi connectivity index (χ4v) is 1.75. The molecule has 1 rings (SSSR count). The van der Waals surface area contributed by atoms with Gasteiger partial charge in [-0.2, -0.15) is 0 Å². The van der Waals surface area contributed by atoms with E-state index in [2.05, 4.69) is 6.92 Å². The van der Waals surface area contributed by atoms with Gasteiger partial charge in [0.15, 0.2) is 0 Å². The standard InChI is InChI=1S/C13H21BO3/c1-3-4-5-6-9-17-12-7-8-13(14(15)16)11(2)10-12/h7-8,10,15-16H,3-6,9H2,1-2H3. The first-order valence-electron chi connectivity index (χ1n) is 6.24. The normalized spacial score (nSPS) is 10.4. The highest BCUT2D eigenvalue weighted by Crippen LogP contribution is 2.12. The van der Waals surface area contributed by atoms with Crippen molar-refractivity contribution in [2.24, 2.45) is 0 Å². The topological polar surface area (TPSA) is 49.7 Å². The van der Waals surface area contributed by atoms with Gasteiger partial charge >= 0.3 is 7.12 Å². The number of hydrogen-bond acceptors (Lipinski definition) is 3. The van der Waals surface area contributed by atoms with Crippen LogP contribution in [0.5, 0.6) is 5.75 Å². The summed E-state index contributed by atoms with van der Waals surface area (Å²) in [6, 6.07) is 5.32. The van der Waals surface area contributed by atoms with Crippen LogP contribution in [0.2, 0.25) is 0 Å². The fourth-order valence-electron chi connectivity index (χ4n) is 1.75. The van der Waals surface area contributed by atoms with Crippen molar-refractivity contribution >= 4 is 12.6 Å². The molecule has 94 valence electrons. The molecule has 1 aromatic carbocycles. The molecule has 0 heterocycles. The summed E-state index contributed by atoms with van der Waals surface area (Å²) in [6.07, 6.45) is 4.74. The van der Waals surface area contributed by atoms with Gasteiger partial charge in [0, 0.05) is 0 Å². The molecule has 0 spiro atoms. The Bertz CT molecular complexity index is 339. The smallest absolute Gasteiger partial charge is 0.488 e. The average Bonchev–Trinajstić information content (AvgIpc) is 2.28. The number of ether oxygens (including phenoxy) is 1. The Labute approximate surface area is 104 Å². The van der Waals surface area contributed by atoms with E-state index in [1.807, 2.05) is 13.0 Å². The Morgan fingerprint density at radius 3 is 2.53 bits per heavy atom. The van der Waals surface area contributed by atoms with Gasteiger partial charge in [0.2, 0.25) is 0 Å². The molecule has 0 amide bonds. The molecule has 0 atom stereocenters. The van der Waals surface area contributed by atoms with Crippen LogP contribution >= 0.6 is 0 Å². The second kappa shape index (κ2) is 7.35. The maximum atomic E-state index is 9.08. The zero-order chi connectivity index (χ0) is 12.7. The number of benzene rings is 1. The summed E-state index contributed by atoms with van der Waals surface area (Å²) in [7, 11) is -1.41. The molecule has 3 nitrogen and oxygen atoms in total. The van der Waals surface area contributed by atoms with E-state index in [0.717, 1.165) is 24.3 Å². The molecule has 0 aliphatic rings. The van der Waals surface area contributed by atoms with Gasteiger partial charge in [-0.05, 0) is 36.5 Å². The number of rotatable bonds is 7. The first kappa shape index (κ1) is 14.1. The van der Waals surface area contributed by atoms with Crippen molar-refractivity contribution in [3.05, 3.63) is 23.8 Å². The van der Waals surface area contributed by atoms with Gasteiger partial charge in [0.1, 0.15) is 5.75 Å². The molecule has 0 aliphatic carbocycles. The Hall–Kier alpha value is -0.995. The highest BCUT2D eigenvalue weighted by molar-refractivity contribution is 6.59. The largest absolute Gasteiger partial charge is 0.494 e. The van der Waals surface area contributed by atoms with Crippen LogP contribution in [0, 0.1) is 6.92 Å². The summed E-state index contributed by atoms with van der Waals surface area (Å²) in [6.45, 7) is 4.75. The Kier molecular flexibility index (Phi) is 6.09. The van der Waals surface area contributed by atoms with Crippen molar-refractivity contribution in [2.75, 3.05) is 6.61 Å². The first-order valence-corrected chi connectivity index (χ1v) is 6.24. The van der Waals surface area contributed by atoms with Gasteiger partial charge in [-0.3, -0.25) is 0 Å². The fraction of sp³-hybridized carbons (Fsp3) is 0.538. The van der Waals surface area contributed by atoms with E-state index in [4.69, 9.17) is 14.8 Å². The quantitative estimate of drug-likeness (QED) is 0.558. The van der Waals surface area contributed by atoms with Crippen molar-refractivity contribution in [1.82, 2.24) is 0 Å². The Balaban J connectivity index is 2.42. The van der Waals surface area contributed by atoms with Gasteiger partial charge in [0.25, 0.3) is 0 Å². The van der Waals surface area contributed by atoms with Gasteiger partial charge < -0.3 is 14.8 Å². The average molecular weight is 236 g/mol. The van der Waals surface area contributed by atoms with Crippen molar-refractivity contribution in [3.8, 4) is 5.75 Å². The summed E-state index contributed by atoms with van der Waals surface area (Å²) in [4.78, 5) is 0. The summed E-state index contributed by atoms with van der Waals surface area (Å²) < 4.78 is 5.60. The highest BCUT2D eigenvalue weighted by atomic mass is 16.5. The second-order valence-corrected chi connectivity index (χ2v) is 4.30. The van der Waals surface area contributed by atoms with E-state index in [9.17, 15) is 0 Å². The van der Waals surface area contributed by atoms with E-state index in [-0.39, 0.29) is 0 Å². The van der Waals surface area contributed by atoms with Gasteiger partial charge in [-0.1, -0.05) is 32.3 Å².